The zero-order valence-corrected chi connectivity index (χ0v) is 15.5. The predicted molar refractivity (Wildman–Crippen MR) is 104 cm³/mol. The Kier molecular flexibility index (Phi) is 5.14. The normalized spacial score (nSPS) is 10.7. The maximum absolute atomic E-state index is 5.34. The van der Waals surface area contributed by atoms with Crippen molar-refractivity contribution < 1.29 is 0 Å². The lowest BCUT2D eigenvalue weighted by Gasteiger charge is -2.09. The molecule has 25 heavy (non-hydrogen) atoms. The van der Waals surface area contributed by atoms with E-state index in [0.717, 1.165) is 23.8 Å². The molecule has 130 valence electrons. The van der Waals surface area contributed by atoms with E-state index in [1.54, 1.807) is 0 Å². The van der Waals surface area contributed by atoms with Gasteiger partial charge in [0.25, 0.3) is 0 Å². The number of aryl methyl sites for hydroxylation is 3. The largest absolute Gasteiger partial charge is 0.357 e. The van der Waals surface area contributed by atoms with Crippen molar-refractivity contribution in [1.82, 2.24) is 24.9 Å². The van der Waals surface area contributed by atoms with Crippen LogP contribution in [0.25, 0.3) is 0 Å². The minimum absolute atomic E-state index is 0.542. The first-order chi connectivity index (χ1) is 12.0. The van der Waals surface area contributed by atoms with Crippen LogP contribution in [0.3, 0.4) is 0 Å². The van der Waals surface area contributed by atoms with E-state index >= 15 is 0 Å². The van der Waals surface area contributed by atoms with Crippen molar-refractivity contribution >= 4 is 23.1 Å². The maximum atomic E-state index is 5.34. The third-order valence-corrected chi connectivity index (χ3v) is 4.25. The van der Waals surface area contributed by atoms with Gasteiger partial charge in [-0.25, -0.2) is 0 Å². The lowest BCUT2D eigenvalue weighted by Crippen LogP contribution is -2.29. The van der Waals surface area contributed by atoms with Gasteiger partial charge in [0.05, 0.1) is 24.5 Å². The molecule has 0 atom stereocenters. The van der Waals surface area contributed by atoms with Crippen LogP contribution in [0.5, 0.6) is 0 Å². The van der Waals surface area contributed by atoms with Crippen molar-refractivity contribution in [3.8, 4) is 0 Å². The lowest BCUT2D eigenvalue weighted by atomic mass is 10.1. The molecule has 0 aliphatic rings. The zero-order chi connectivity index (χ0) is 17.8. The van der Waals surface area contributed by atoms with Gasteiger partial charge in [-0.15, -0.1) is 0 Å². The molecule has 0 saturated heterocycles. The summed E-state index contributed by atoms with van der Waals surface area (Å²) in [5, 5.41) is 15.7. The number of hydrogen-bond donors (Lipinski definition) is 2. The van der Waals surface area contributed by atoms with Gasteiger partial charge in [0.1, 0.15) is 0 Å². The highest BCUT2D eigenvalue weighted by Crippen LogP contribution is 2.10. The van der Waals surface area contributed by atoms with E-state index in [4.69, 9.17) is 12.2 Å². The first-order valence-electron chi connectivity index (χ1n) is 8.13. The molecular weight excluding hydrogens is 332 g/mol. The van der Waals surface area contributed by atoms with E-state index in [1.807, 2.05) is 53.8 Å². The second kappa shape index (κ2) is 7.48. The molecule has 0 bridgehead atoms. The monoisotopic (exact) mass is 354 g/mol. The Hall–Kier alpha value is -2.67. The molecule has 3 rings (SSSR count). The zero-order valence-electron chi connectivity index (χ0n) is 14.7. The second-order valence-electron chi connectivity index (χ2n) is 6.03. The summed E-state index contributed by atoms with van der Waals surface area (Å²) in [4.78, 5) is 0. The van der Waals surface area contributed by atoms with E-state index in [0.29, 0.717) is 11.7 Å². The SMILES string of the molecule is Cc1cc(CNC(=S)Nc2ccn(Cc3ccccc3C)n2)n(C)n1. The van der Waals surface area contributed by atoms with Gasteiger partial charge in [0.2, 0.25) is 0 Å². The Morgan fingerprint density at radius 1 is 1.16 bits per heavy atom. The molecule has 7 heteroatoms. The summed E-state index contributed by atoms with van der Waals surface area (Å²) in [6.45, 7) is 5.44. The molecule has 0 amide bonds. The van der Waals surface area contributed by atoms with Crippen molar-refractivity contribution in [1.29, 1.82) is 0 Å². The Balaban J connectivity index is 1.55. The molecule has 2 aromatic heterocycles. The standard InChI is InChI=1S/C18H22N6S/c1-13-6-4-5-7-15(13)12-24-9-8-17(22-24)20-18(25)19-11-16-10-14(2)21-23(16)3/h4-10H,11-12H2,1-3H3,(H2,19,20,22,25). The third-order valence-electron chi connectivity index (χ3n) is 4.00. The third kappa shape index (κ3) is 4.45. The van der Waals surface area contributed by atoms with Gasteiger partial charge in [-0.2, -0.15) is 10.2 Å². The Labute approximate surface area is 152 Å². The van der Waals surface area contributed by atoms with Gasteiger partial charge >= 0.3 is 0 Å². The summed E-state index contributed by atoms with van der Waals surface area (Å²) in [6.07, 6.45) is 1.95. The fraction of sp³-hybridized carbons (Fsp3) is 0.278. The lowest BCUT2D eigenvalue weighted by molar-refractivity contribution is 0.685. The van der Waals surface area contributed by atoms with Crippen molar-refractivity contribution in [2.24, 2.45) is 7.05 Å². The number of thiocarbonyl (C=S) groups is 1. The van der Waals surface area contributed by atoms with Crippen molar-refractivity contribution in [3.63, 3.8) is 0 Å². The van der Waals surface area contributed by atoms with Crippen molar-refractivity contribution in [2.45, 2.75) is 26.9 Å². The Bertz CT molecular complexity index is 879. The van der Waals surface area contributed by atoms with Gasteiger partial charge in [-0.1, -0.05) is 24.3 Å². The van der Waals surface area contributed by atoms with Gasteiger partial charge < -0.3 is 10.6 Å². The van der Waals surface area contributed by atoms with E-state index < -0.39 is 0 Å². The first-order valence-corrected chi connectivity index (χ1v) is 8.54. The number of benzene rings is 1. The topological polar surface area (TPSA) is 59.7 Å². The average Bonchev–Trinajstić information content (AvgIpc) is 3.13. The summed E-state index contributed by atoms with van der Waals surface area (Å²) < 4.78 is 3.75. The fourth-order valence-electron chi connectivity index (χ4n) is 2.64. The van der Waals surface area contributed by atoms with Gasteiger partial charge in [-0.3, -0.25) is 9.36 Å². The minimum Gasteiger partial charge on any atom is -0.357 e. The smallest absolute Gasteiger partial charge is 0.172 e. The van der Waals surface area contributed by atoms with E-state index in [-0.39, 0.29) is 0 Å². The molecule has 2 heterocycles. The van der Waals surface area contributed by atoms with E-state index in [9.17, 15) is 0 Å². The van der Waals surface area contributed by atoms with Crippen LogP contribution >= 0.6 is 12.2 Å². The average molecular weight is 354 g/mol. The van der Waals surface area contributed by atoms with Gasteiger partial charge in [0.15, 0.2) is 10.9 Å². The molecule has 0 spiro atoms. The molecule has 0 aliphatic carbocycles. The second-order valence-corrected chi connectivity index (χ2v) is 6.44. The summed E-state index contributed by atoms with van der Waals surface area (Å²) in [6, 6.07) is 12.3. The molecule has 0 unspecified atom stereocenters. The van der Waals surface area contributed by atoms with Crippen LogP contribution in [0, 0.1) is 13.8 Å². The van der Waals surface area contributed by atoms with Crippen LogP contribution in [0.2, 0.25) is 0 Å². The van der Waals surface area contributed by atoms with E-state index in [2.05, 4.69) is 39.9 Å². The highest BCUT2D eigenvalue weighted by molar-refractivity contribution is 7.80. The van der Waals surface area contributed by atoms with Crippen LogP contribution in [-0.4, -0.2) is 24.7 Å². The maximum Gasteiger partial charge on any atom is 0.172 e. The first kappa shape index (κ1) is 17.2. The van der Waals surface area contributed by atoms with E-state index in [1.165, 1.54) is 11.1 Å². The van der Waals surface area contributed by atoms with Crippen LogP contribution in [0.1, 0.15) is 22.5 Å². The quantitative estimate of drug-likeness (QED) is 0.690. The molecular formula is C18H22N6S. The summed E-state index contributed by atoms with van der Waals surface area (Å²) >= 11 is 5.34. The number of aromatic nitrogens is 4. The summed E-state index contributed by atoms with van der Waals surface area (Å²) in [5.41, 5.74) is 4.58. The number of nitrogens with zero attached hydrogens (tertiary/aromatic N) is 4. The van der Waals surface area contributed by atoms with Crippen molar-refractivity contribution in [3.05, 3.63) is 65.1 Å². The number of anilines is 1. The van der Waals surface area contributed by atoms with Crippen LogP contribution in [0.15, 0.2) is 42.6 Å². The molecule has 0 radical (unpaired) electrons. The molecule has 6 nitrogen and oxygen atoms in total. The summed E-state index contributed by atoms with van der Waals surface area (Å²) in [5.74, 6) is 0.729. The van der Waals surface area contributed by atoms with Crippen LogP contribution < -0.4 is 10.6 Å². The number of nitrogens with one attached hydrogen (secondary N) is 2. The minimum atomic E-state index is 0.542. The molecule has 2 N–H and O–H groups in total. The molecule has 0 fully saturated rings. The highest BCUT2D eigenvalue weighted by atomic mass is 32.1. The van der Waals surface area contributed by atoms with Crippen LogP contribution in [-0.2, 0) is 20.1 Å². The highest BCUT2D eigenvalue weighted by Gasteiger charge is 2.06. The molecule has 0 saturated carbocycles. The van der Waals surface area contributed by atoms with Crippen molar-refractivity contribution in [2.75, 3.05) is 5.32 Å². The van der Waals surface area contributed by atoms with Crippen LogP contribution in [0.4, 0.5) is 5.82 Å². The number of hydrogen-bond acceptors (Lipinski definition) is 3. The number of rotatable bonds is 5. The molecule has 1 aromatic carbocycles. The molecule has 3 aromatic rings. The Morgan fingerprint density at radius 2 is 1.96 bits per heavy atom. The van der Waals surface area contributed by atoms with Gasteiger partial charge in [-0.05, 0) is 43.3 Å². The Morgan fingerprint density at radius 3 is 2.68 bits per heavy atom. The summed E-state index contributed by atoms with van der Waals surface area (Å²) in [7, 11) is 1.92. The fourth-order valence-corrected chi connectivity index (χ4v) is 2.82. The van der Waals surface area contributed by atoms with Gasteiger partial charge in [0, 0.05) is 19.3 Å². The predicted octanol–water partition coefficient (Wildman–Crippen LogP) is 2.77. The molecule has 0 aliphatic heterocycles.